The van der Waals surface area contributed by atoms with Gasteiger partial charge in [0.2, 0.25) is 0 Å². The molecule has 0 spiro atoms. The van der Waals surface area contributed by atoms with Gasteiger partial charge in [0.25, 0.3) is 0 Å². The standard InChI is InChI=1S/C30H37FN2O3/c1-21-7-3-4-8-22(21)9-5-6-17-33-18-15-23(27(20-33)30(34)35)10-12-28(31)25-14-16-32-29-13-11-24(36-2)19-26(25)29/h3-4,7-8,11,13-14,16,19,23,27-28H,5-6,9-10,12,15,17-18,20H2,1-2H3,(H,34,35)/t23-,27+,28-/m1/s1. The van der Waals surface area contributed by atoms with E-state index < -0.39 is 18.1 Å². The molecule has 5 nitrogen and oxygen atoms in total. The fourth-order valence-electron chi connectivity index (χ4n) is 5.50. The van der Waals surface area contributed by atoms with Gasteiger partial charge in [0.1, 0.15) is 11.9 Å². The molecule has 36 heavy (non-hydrogen) atoms. The highest BCUT2D eigenvalue weighted by Crippen LogP contribution is 2.35. The fourth-order valence-corrected chi connectivity index (χ4v) is 5.50. The van der Waals surface area contributed by atoms with Crippen LogP contribution in [0.1, 0.15) is 55.0 Å². The van der Waals surface area contributed by atoms with Crippen molar-refractivity contribution in [3.8, 4) is 5.75 Å². The number of carboxylic acids is 1. The number of nitrogens with zero attached hydrogens (tertiary/aromatic N) is 2. The van der Waals surface area contributed by atoms with Crippen molar-refractivity contribution in [2.24, 2.45) is 11.8 Å². The van der Waals surface area contributed by atoms with E-state index >= 15 is 4.39 Å². The molecule has 2 heterocycles. The molecule has 1 aliphatic heterocycles. The highest BCUT2D eigenvalue weighted by atomic mass is 19.1. The van der Waals surface area contributed by atoms with E-state index in [1.807, 2.05) is 18.2 Å². The molecule has 6 heteroatoms. The minimum absolute atomic E-state index is 0.00777. The van der Waals surface area contributed by atoms with Crippen molar-refractivity contribution in [3.05, 3.63) is 71.4 Å². The number of piperidine rings is 1. The number of likely N-dealkylation sites (tertiary alicyclic amines) is 1. The Morgan fingerprint density at radius 3 is 2.83 bits per heavy atom. The molecule has 1 aliphatic rings. The lowest BCUT2D eigenvalue weighted by molar-refractivity contribution is -0.146. The van der Waals surface area contributed by atoms with Gasteiger partial charge in [-0.15, -0.1) is 0 Å². The maximum atomic E-state index is 15.4. The maximum Gasteiger partial charge on any atom is 0.308 e. The Kier molecular flexibility index (Phi) is 8.92. The molecule has 0 unspecified atom stereocenters. The van der Waals surface area contributed by atoms with Crippen molar-refractivity contribution in [3.63, 3.8) is 0 Å². The lowest BCUT2D eigenvalue weighted by atomic mass is 9.81. The summed E-state index contributed by atoms with van der Waals surface area (Å²) in [6.07, 6.45) is 5.33. The van der Waals surface area contributed by atoms with Crippen molar-refractivity contribution in [1.29, 1.82) is 0 Å². The average Bonchev–Trinajstić information content (AvgIpc) is 2.90. The van der Waals surface area contributed by atoms with E-state index in [4.69, 9.17) is 4.74 Å². The Labute approximate surface area is 213 Å². The van der Waals surface area contributed by atoms with Gasteiger partial charge in [-0.3, -0.25) is 9.78 Å². The SMILES string of the molecule is COc1ccc2nccc([C@H](F)CC[C@@H]3CCN(CCCCc4ccccc4C)C[C@@H]3C(=O)O)c2c1. The maximum absolute atomic E-state index is 15.4. The van der Waals surface area contributed by atoms with Gasteiger partial charge in [-0.1, -0.05) is 24.3 Å². The summed E-state index contributed by atoms with van der Waals surface area (Å²) in [7, 11) is 1.59. The van der Waals surface area contributed by atoms with Gasteiger partial charge in [0, 0.05) is 18.1 Å². The molecule has 0 amide bonds. The monoisotopic (exact) mass is 492 g/mol. The molecule has 1 fully saturated rings. The van der Waals surface area contributed by atoms with Crippen molar-refractivity contribution in [2.45, 2.75) is 51.6 Å². The molecule has 0 bridgehead atoms. The topological polar surface area (TPSA) is 62.7 Å². The van der Waals surface area contributed by atoms with Crippen LogP contribution in [0.3, 0.4) is 0 Å². The number of aliphatic carboxylic acids is 1. The quantitative estimate of drug-likeness (QED) is 0.314. The third kappa shape index (κ3) is 6.41. The molecule has 2 aromatic carbocycles. The molecule has 4 rings (SSSR count). The molecule has 1 aromatic heterocycles. The van der Waals surface area contributed by atoms with E-state index in [1.165, 1.54) is 11.1 Å². The van der Waals surface area contributed by atoms with Gasteiger partial charge in [0.15, 0.2) is 0 Å². The van der Waals surface area contributed by atoms with Crippen LogP contribution in [0, 0.1) is 18.8 Å². The van der Waals surface area contributed by atoms with Gasteiger partial charge in [0.05, 0.1) is 18.5 Å². The van der Waals surface area contributed by atoms with Crippen molar-refractivity contribution < 1.29 is 19.0 Å². The number of pyridine rings is 1. The predicted molar refractivity (Wildman–Crippen MR) is 141 cm³/mol. The Bertz CT molecular complexity index is 1170. The fraction of sp³-hybridized carbons (Fsp3) is 0.467. The molecule has 3 atom stereocenters. The number of fused-ring (bicyclic) bond motifs is 1. The Morgan fingerprint density at radius 2 is 2.06 bits per heavy atom. The first kappa shape index (κ1) is 26.1. The molecule has 1 saturated heterocycles. The molecule has 1 N–H and O–H groups in total. The number of carbonyl (C=O) groups is 1. The summed E-state index contributed by atoms with van der Waals surface area (Å²) in [6.45, 7) is 4.49. The molecular formula is C30H37FN2O3. The van der Waals surface area contributed by atoms with Crippen LogP contribution in [0.2, 0.25) is 0 Å². The number of carboxylic acid groups (broad SMARTS) is 1. The van der Waals surface area contributed by atoms with Gasteiger partial charge in [-0.25, -0.2) is 4.39 Å². The Balaban J connectivity index is 1.30. The van der Waals surface area contributed by atoms with Crippen LogP contribution in [-0.2, 0) is 11.2 Å². The van der Waals surface area contributed by atoms with Crippen LogP contribution in [0.4, 0.5) is 4.39 Å². The van der Waals surface area contributed by atoms with Gasteiger partial charge >= 0.3 is 5.97 Å². The third-order valence-corrected chi connectivity index (χ3v) is 7.70. The average molecular weight is 493 g/mol. The molecular weight excluding hydrogens is 455 g/mol. The van der Waals surface area contributed by atoms with Crippen LogP contribution in [0.25, 0.3) is 10.9 Å². The predicted octanol–water partition coefficient (Wildman–Crippen LogP) is 6.39. The smallest absolute Gasteiger partial charge is 0.308 e. The van der Waals surface area contributed by atoms with E-state index in [9.17, 15) is 9.90 Å². The number of alkyl halides is 1. The summed E-state index contributed by atoms with van der Waals surface area (Å²) in [4.78, 5) is 18.7. The minimum atomic E-state index is -1.17. The van der Waals surface area contributed by atoms with E-state index in [2.05, 4.69) is 41.1 Å². The second kappa shape index (κ2) is 12.3. The molecule has 0 aliphatic carbocycles. The first-order valence-electron chi connectivity index (χ1n) is 13.0. The number of aromatic nitrogens is 1. The highest BCUT2D eigenvalue weighted by molar-refractivity contribution is 5.83. The summed E-state index contributed by atoms with van der Waals surface area (Å²) < 4.78 is 20.7. The molecule has 0 radical (unpaired) electrons. The number of hydrogen-bond donors (Lipinski definition) is 1. The summed E-state index contributed by atoms with van der Waals surface area (Å²) in [5, 5.41) is 10.7. The zero-order chi connectivity index (χ0) is 25.5. The molecule has 3 aromatic rings. The van der Waals surface area contributed by atoms with Gasteiger partial charge < -0.3 is 14.7 Å². The van der Waals surface area contributed by atoms with Gasteiger partial charge in [-0.2, -0.15) is 0 Å². The zero-order valence-electron chi connectivity index (χ0n) is 21.3. The first-order valence-corrected chi connectivity index (χ1v) is 13.0. The summed E-state index contributed by atoms with van der Waals surface area (Å²) in [6, 6.07) is 15.7. The number of benzene rings is 2. The highest BCUT2D eigenvalue weighted by Gasteiger charge is 2.34. The normalized spacial score (nSPS) is 19.3. The number of hydrogen-bond acceptors (Lipinski definition) is 4. The van der Waals surface area contributed by atoms with Crippen molar-refractivity contribution in [2.75, 3.05) is 26.7 Å². The third-order valence-electron chi connectivity index (χ3n) is 7.70. The van der Waals surface area contributed by atoms with Crippen LogP contribution < -0.4 is 4.74 Å². The second-order valence-corrected chi connectivity index (χ2v) is 10.0. The number of halogens is 1. The number of unbranched alkanes of at least 4 members (excludes halogenated alkanes) is 1. The van der Waals surface area contributed by atoms with Crippen LogP contribution in [-0.4, -0.2) is 47.7 Å². The first-order chi connectivity index (χ1) is 17.5. The Hall–Kier alpha value is -2.99. The van der Waals surface area contributed by atoms with E-state index in [0.717, 1.165) is 49.7 Å². The van der Waals surface area contributed by atoms with Gasteiger partial charge in [-0.05, 0) is 105 Å². The number of aryl methyl sites for hydroxylation is 2. The van der Waals surface area contributed by atoms with E-state index in [1.54, 1.807) is 19.4 Å². The zero-order valence-corrected chi connectivity index (χ0v) is 21.3. The Morgan fingerprint density at radius 1 is 1.22 bits per heavy atom. The summed E-state index contributed by atoms with van der Waals surface area (Å²) in [5.74, 6) is -0.552. The largest absolute Gasteiger partial charge is 0.497 e. The van der Waals surface area contributed by atoms with Crippen LogP contribution >= 0.6 is 0 Å². The number of rotatable bonds is 11. The summed E-state index contributed by atoms with van der Waals surface area (Å²) >= 11 is 0. The molecule has 0 saturated carbocycles. The van der Waals surface area contributed by atoms with Crippen molar-refractivity contribution in [1.82, 2.24) is 9.88 Å². The van der Waals surface area contributed by atoms with Crippen LogP contribution in [0.15, 0.2) is 54.7 Å². The number of methoxy groups -OCH3 is 1. The minimum Gasteiger partial charge on any atom is -0.497 e. The van der Waals surface area contributed by atoms with E-state index in [0.29, 0.717) is 30.7 Å². The number of ether oxygens (including phenoxy) is 1. The van der Waals surface area contributed by atoms with Crippen LogP contribution in [0.5, 0.6) is 5.75 Å². The lowest BCUT2D eigenvalue weighted by Gasteiger charge is -2.37. The molecule has 192 valence electrons. The van der Waals surface area contributed by atoms with Crippen molar-refractivity contribution >= 4 is 16.9 Å². The second-order valence-electron chi connectivity index (χ2n) is 10.0. The summed E-state index contributed by atoms with van der Waals surface area (Å²) in [5.41, 5.74) is 4.04. The lowest BCUT2D eigenvalue weighted by Crippen LogP contribution is -2.44. The van der Waals surface area contributed by atoms with E-state index in [-0.39, 0.29) is 5.92 Å².